The first kappa shape index (κ1) is 15.9. The van der Waals surface area contributed by atoms with Gasteiger partial charge in [0.2, 0.25) is 0 Å². The molecule has 0 bridgehead atoms. The Labute approximate surface area is 117 Å². The summed E-state index contributed by atoms with van der Waals surface area (Å²) in [7, 11) is 0. The number of nitriles is 1. The summed E-state index contributed by atoms with van der Waals surface area (Å²) in [5.74, 6) is -0.538. The molecular weight excluding hydrogens is 261 g/mol. The number of nitrogens with one attached hydrogen (secondary N) is 1. The third-order valence-electron chi connectivity index (χ3n) is 2.69. The Morgan fingerprint density at radius 3 is 2.65 bits per heavy atom. The first-order valence-corrected chi connectivity index (χ1v) is 6.30. The molecule has 0 spiro atoms. The first-order valence-electron chi connectivity index (χ1n) is 6.30. The van der Waals surface area contributed by atoms with Crippen LogP contribution < -0.4 is 5.32 Å². The van der Waals surface area contributed by atoms with Gasteiger partial charge in [0.15, 0.2) is 0 Å². The number of carbonyl (C=O) groups is 1. The van der Waals surface area contributed by atoms with E-state index >= 15 is 0 Å². The molecule has 1 aromatic rings. The predicted molar refractivity (Wildman–Crippen MR) is 73.7 cm³/mol. The molecule has 0 heterocycles. The van der Waals surface area contributed by atoms with Crippen molar-refractivity contribution in [3.63, 3.8) is 0 Å². The van der Waals surface area contributed by atoms with Crippen molar-refractivity contribution in [1.29, 1.82) is 5.26 Å². The molecule has 1 aromatic carbocycles. The van der Waals surface area contributed by atoms with Crippen molar-refractivity contribution in [2.75, 3.05) is 11.9 Å². The summed E-state index contributed by atoms with van der Waals surface area (Å²) in [5, 5.41) is 20.9. The number of rotatable bonds is 4. The normalized spacial score (nSPS) is 11.8. The summed E-state index contributed by atoms with van der Waals surface area (Å²) in [6.07, 6.45) is -0.660. The van der Waals surface area contributed by atoms with Gasteiger partial charge in [0.05, 0.1) is 17.4 Å². The van der Waals surface area contributed by atoms with Gasteiger partial charge in [-0.1, -0.05) is 0 Å². The Kier molecular flexibility index (Phi) is 5.47. The minimum absolute atomic E-state index is 0.0547. The Balaban J connectivity index is 2.91. The van der Waals surface area contributed by atoms with Gasteiger partial charge < -0.3 is 15.3 Å². The molecule has 5 nitrogen and oxygen atoms in total. The highest BCUT2D eigenvalue weighted by Gasteiger charge is 2.19. The van der Waals surface area contributed by atoms with Crippen molar-refractivity contribution in [2.45, 2.75) is 32.9 Å². The molecule has 1 rings (SSSR count). The Hall–Kier alpha value is -2.13. The van der Waals surface area contributed by atoms with Crippen LogP contribution in [0.2, 0.25) is 0 Å². The van der Waals surface area contributed by atoms with Crippen molar-refractivity contribution >= 4 is 11.7 Å². The molecule has 0 saturated carbocycles. The summed E-state index contributed by atoms with van der Waals surface area (Å²) in [6.45, 7) is 5.39. The van der Waals surface area contributed by atoms with Crippen LogP contribution in [0.5, 0.6) is 0 Å². The van der Waals surface area contributed by atoms with Gasteiger partial charge in [-0.05, 0) is 39.0 Å². The van der Waals surface area contributed by atoms with E-state index in [-0.39, 0.29) is 23.8 Å². The van der Waals surface area contributed by atoms with E-state index in [1.807, 2.05) is 19.9 Å². The van der Waals surface area contributed by atoms with Gasteiger partial charge in [0.1, 0.15) is 11.9 Å². The van der Waals surface area contributed by atoms with Crippen LogP contribution in [0.4, 0.5) is 14.9 Å². The highest BCUT2D eigenvalue weighted by Crippen LogP contribution is 2.17. The summed E-state index contributed by atoms with van der Waals surface area (Å²) in [6, 6.07) is 4.84. The third-order valence-corrected chi connectivity index (χ3v) is 2.69. The van der Waals surface area contributed by atoms with Crippen LogP contribution in [0.1, 0.15) is 26.3 Å². The second kappa shape index (κ2) is 6.87. The van der Waals surface area contributed by atoms with Crippen LogP contribution in [0.15, 0.2) is 18.2 Å². The molecule has 2 N–H and O–H groups in total. The summed E-state index contributed by atoms with van der Waals surface area (Å²) in [4.78, 5) is 13.6. The van der Waals surface area contributed by atoms with Crippen LogP contribution in [0.3, 0.4) is 0 Å². The second-order valence-electron chi connectivity index (χ2n) is 4.83. The largest absolute Gasteiger partial charge is 0.392 e. The molecule has 2 amide bonds. The lowest BCUT2D eigenvalue weighted by Gasteiger charge is -2.28. The lowest BCUT2D eigenvalue weighted by molar-refractivity contribution is 0.125. The van der Waals surface area contributed by atoms with Crippen LogP contribution in [-0.4, -0.2) is 34.7 Å². The number of urea groups is 1. The van der Waals surface area contributed by atoms with E-state index in [9.17, 15) is 14.3 Å². The van der Waals surface area contributed by atoms with Crippen molar-refractivity contribution in [2.24, 2.45) is 0 Å². The highest BCUT2D eigenvalue weighted by molar-refractivity contribution is 5.91. The zero-order valence-electron chi connectivity index (χ0n) is 11.7. The molecule has 108 valence electrons. The van der Waals surface area contributed by atoms with Gasteiger partial charge in [0, 0.05) is 12.6 Å². The summed E-state index contributed by atoms with van der Waals surface area (Å²) in [5.41, 5.74) is 0.300. The van der Waals surface area contributed by atoms with E-state index < -0.39 is 18.0 Å². The molecular formula is C14H18FN3O2. The smallest absolute Gasteiger partial charge is 0.322 e. The van der Waals surface area contributed by atoms with Crippen LogP contribution in [0, 0.1) is 17.1 Å². The summed E-state index contributed by atoms with van der Waals surface area (Å²) >= 11 is 0. The number of aliphatic hydroxyl groups excluding tert-OH is 1. The van der Waals surface area contributed by atoms with Crippen LogP contribution >= 0.6 is 0 Å². The molecule has 0 fully saturated rings. The maximum atomic E-state index is 13.0. The molecule has 0 aliphatic rings. The number of anilines is 1. The number of nitrogens with zero attached hydrogens (tertiary/aromatic N) is 2. The molecule has 0 aliphatic carbocycles. The van der Waals surface area contributed by atoms with E-state index in [1.54, 1.807) is 6.92 Å². The minimum Gasteiger partial charge on any atom is -0.392 e. The zero-order valence-corrected chi connectivity index (χ0v) is 11.7. The fourth-order valence-electron chi connectivity index (χ4n) is 1.72. The second-order valence-corrected chi connectivity index (χ2v) is 4.83. The Morgan fingerprint density at radius 1 is 1.50 bits per heavy atom. The topological polar surface area (TPSA) is 76.4 Å². The van der Waals surface area contributed by atoms with Gasteiger partial charge >= 0.3 is 6.03 Å². The maximum Gasteiger partial charge on any atom is 0.322 e. The molecule has 0 aromatic heterocycles. The lowest BCUT2D eigenvalue weighted by atomic mass is 10.2. The number of hydrogen-bond donors (Lipinski definition) is 2. The van der Waals surface area contributed by atoms with Gasteiger partial charge in [-0.15, -0.1) is 0 Å². The third kappa shape index (κ3) is 4.21. The average Bonchev–Trinajstić information content (AvgIpc) is 2.37. The predicted octanol–water partition coefficient (Wildman–Crippen LogP) is 2.32. The fraction of sp³-hybridized carbons (Fsp3) is 0.429. The van der Waals surface area contributed by atoms with E-state index in [1.165, 1.54) is 17.0 Å². The molecule has 1 atom stereocenters. The minimum atomic E-state index is -0.660. The fourth-order valence-corrected chi connectivity index (χ4v) is 1.72. The average molecular weight is 279 g/mol. The number of halogens is 1. The molecule has 20 heavy (non-hydrogen) atoms. The van der Waals surface area contributed by atoms with Crippen molar-refractivity contribution in [3.05, 3.63) is 29.6 Å². The number of aliphatic hydroxyl groups is 1. The Bertz CT molecular complexity index is 524. The molecule has 0 radical (unpaired) electrons. The van der Waals surface area contributed by atoms with Crippen LogP contribution in [0.25, 0.3) is 0 Å². The van der Waals surface area contributed by atoms with Crippen molar-refractivity contribution < 1.29 is 14.3 Å². The quantitative estimate of drug-likeness (QED) is 0.888. The standard InChI is InChI=1S/C14H18FN3O2/c1-9(2)18(8-10(3)19)14(20)17-13-5-4-12(15)6-11(13)7-16/h4-6,9-10,19H,8H2,1-3H3,(H,17,20). The van der Waals surface area contributed by atoms with Crippen LogP contribution in [-0.2, 0) is 0 Å². The van der Waals surface area contributed by atoms with Gasteiger partial charge in [-0.3, -0.25) is 0 Å². The monoisotopic (exact) mass is 279 g/mol. The first-order chi connectivity index (χ1) is 9.35. The number of hydrogen-bond acceptors (Lipinski definition) is 3. The Morgan fingerprint density at radius 2 is 2.15 bits per heavy atom. The van der Waals surface area contributed by atoms with E-state index in [0.29, 0.717) is 0 Å². The number of amides is 2. The van der Waals surface area contributed by atoms with E-state index in [4.69, 9.17) is 5.26 Å². The van der Waals surface area contributed by atoms with Gasteiger partial charge in [-0.2, -0.15) is 5.26 Å². The molecule has 1 unspecified atom stereocenters. The lowest BCUT2D eigenvalue weighted by Crippen LogP contribution is -2.43. The summed E-state index contributed by atoms with van der Waals surface area (Å²) < 4.78 is 13.0. The van der Waals surface area contributed by atoms with Gasteiger partial charge in [-0.25, -0.2) is 9.18 Å². The number of carbonyl (C=O) groups excluding carboxylic acids is 1. The highest BCUT2D eigenvalue weighted by atomic mass is 19.1. The molecule has 0 saturated heterocycles. The van der Waals surface area contributed by atoms with E-state index in [0.717, 1.165) is 6.07 Å². The number of benzene rings is 1. The van der Waals surface area contributed by atoms with Crippen molar-refractivity contribution in [3.8, 4) is 6.07 Å². The maximum absolute atomic E-state index is 13.0. The SMILES string of the molecule is CC(O)CN(C(=O)Nc1ccc(F)cc1C#N)C(C)C. The molecule has 0 aliphatic heterocycles. The van der Waals surface area contributed by atoms with E-state index in [2.05, 4.69) is 5.32 Å². The molecule has 6 heteroatoms. The van der Waals surface area contributed by atoms with Crippen molar-refractivity contribution in [1.82, 2.24) is 4.90 Å². The van der Waals surface area contributed by atoms with Gasteiger partial charge in [0.25, 0.3) is 0 Å². The zero-order chi connectivity index (χ0) is 15.3.